The minimum atomic E-state index is -1.13. The fraction of sp³-hybridized carbons (Fsp3) is 0.387. The summed E-state index contributed by atoms with van der Waals surface area (Å²) < 4.78 is 27.5. The van der Waals surface area contributed by atoms with E-state index in [0.29, 0.717) is 46.2 Å². The molecule has 0 radical (unpaired) electrons. The van der Waals surface area contributed by atoms with Crippen LogP contribution in [0.15, 0.2) is 65.0 Å². The Balaban J connectivity index is 1.96. The summed E-state index contributed by atoms with van der Waals surface area (Å²) in [7, 11) is 4.58. The van der Waals surface area contributed by atoms with Gasteiger partial charge in [0.1, 0.15) is 11.7 Å². The van der Waals surface area contributed by atoms with Gasteiger partial charge in [-0.1, -0.05) is 24.3 Å². The van der Waals surface area contributed by atoms with E-state index in [1.807, 2.05) is 18.2 Å². The number of carbonyl (C=O) groups excluding carboxylic acids is 3. The van der Waals surface area contributed by atoms with Gasteiger partial charge in [-0.15, -0.1) is 0 Å². The molecule has 2 aromatic carbocycles. The number of dihydropyridines is 1. The number of benzene rings is 2. The molecule has 0 unspecified atom stereocenters. The molecule has 212 valence electrons. The van der Waals surface area contributed by atoms with Gasteiger partial charge < -0.3 is 29.0 Å². The van der Waals surface area contributed by atoms with E-state index < -0.39 is 35.5 Å². The normalized spacial score (nSPS) is 20.4. The summed E-state index contributed by atoms with van der Waals surface area (Å²) >= 11 is 0. The summed E-state index contributed by atoms with van der Waals surface area (Å²) in [6.45, 7) is 5.47. The van der Waals surface area contributed by atoms with E-state index in [4.69, 9.17) is 23.7 Å². The van der Waals surface area contributed by atoms with E-state index in [-0.39, 0.29) is 18.8 Å². The smallest absolute Gasteiger partial charge is 0.336 e. The molecular weight excluding hydrogens is 514 g/mol. The number of carbonyl (C=O) groups is 3. The Labute approximate surface area is 234 Å². The van der Waals surface area contributed by atoms with E-state index in [1.54, 1.807) is 52.1 Å². The monoisotopic (exact) mass is 549 g/mol. The topological polar surface area (TPSA) is 109 Å². The van der Waals surface area contributed by atoms with Crippen LogP contribution in [0.1, 0.15) is 50.2 Å². The molecule has 1 aliphatic heterocycles. The van der Waals surface area contributed by atoms with E-state index in [2.05, 4.69) is 5.32 Å². The van der Waals surface area contributed by atoms with Gasteiger partial charge in [0.2, 0.25) is 0 Å². The molecular formula is C31H35NO8. The molecule has 0 fully saturated rings. The van der Waals surface area contributed by atoms with Crippen LogP contribution in [0.5, 0.6) is 17.2 Å². The maximum Gasteiger partial charge on any atom is 0.336 e. The first-order valence-electron chi connectivity index (χ1n) is 13.2. The van der Waals surface area contributed by atoms with Gasteiger partial charge >= 0.3 is 11.9 Å². The first-order valence-corrected chi connectivity index (χ1v) is 13.2. The lowest BCUT2D eigenvalue weighted by atomic mass is 9.67. The van der Waals surface area contributed by atoms with E-state index in [0.717, 1.165) is 5.56 Å². The number of hydrogen-bond acceptors (Lipinski definition) is 9. The molecule has 0 saturated carbocycles. The summed E-state index contributed by atoms with van der Waals surface area (Å²) in [4.78, 5) is 41.3. The van der Waals surface area contributed by atoms with Crippen LogP contribution in [0.2, 0.25) is 0 Å². The SMILES string of the molecule is CCOC(=O)C1=C(C)NC2=C(C(=O)[C@H](C(=O)OCC)[C@H](c3cccc(OC)c3)C2)[C@@H]1c1cccc(OC)c1OC. The average molecular weight is 550 g/mol. The van der Waals surface area contributed by atoms with Gasteiger partial charge in [-0.2, -0.15) is 0 Å². The van der Waals surface area contributed by atoms with Crippen molar-refractivity contribution in [3.63, 3.8) is 0 Å². The average Bonchev–Trinajstić information content (AvgIpc) is 2.95. The molecule has 2 aromatic rings. The molecule has 9 heteroatoms. The maximum absolute atomic E-state index is 14.5. The van der Waals surface area contributed by atoms with Crippen LogP contribution in [0.3, 0.4) is 0 Å². The lowest BCUT2D eigenvalue weighted by Crippen LogP contribution is -2.43. The fourth-order valence-corrected chi connectivity index (χ4v) is 5.65. The number of nitrogens with one attached hydrogen (secondary N) is 1. The van der Waals surface area contributed by atoms with Crippen molar-refractivity contribution < 1.29 is 38.1 Å². The molecule has 3 atom stereocenters. The van der Waals surface area contributed by atoms with Gasteiger partial charge in [-0.25, -0.2) is 4.79 Å². The largest absolute Gasteiger partial charge is 0.497 e. The molecule has 9 nitrogen and oxygen atoms in total. The van der Waals surface area contributed by atoms with Crippen molar-refractivity contribution in [3.8, 4) is 17.2 Å². The molecule has 0 amide bonds. The second-order valence-electron chi connectivity index (χ2n) is 9.47. The molecule has 40 heavy (non-hydrogen) atoms. The molecule has 0 aromatic heterocycles. The quantitative estimate of drug-likeness (QED) is 0.359. The second kappa shape index (κ2) is 12.3. The zero-order chi connectivity index (χ0) is 29.0. The number of para-hydroxylation sites is 1. The van der Waals surface area contributed by atoms with Crippen molar-refractivity contribution >= 4 is 17.7 Å². The summed E-state index contributed by atoms with van der Waals surface area (Å²) in [6, 6.07) is 12.6. The summed E-state index contributed by atoms with van der Waals surface area (Å²) in [6.07, 6.45) is 0.327. The number of rotatable bonds is 9. The highest BCUT2D eigenvalue weighted by atomic mass is 16.5. The molecule has 1 heterocycles. The highest BCUT2D eigenvalue weighted by molar-refractivity contribution is 6.13. The van der Waals surface area contributed by atoms with E-state index in [1.165, 1.54) is 14.2 Å². The number of ether oxygens (including phenoxy) is 5. The van der Waals surface area contributed by atoms with Crippen molar-refractivity contribution in [1.29, 1.82) is 0 Å². The number of allylic oxidation sites excluding steroid dienone is 3. The maximum atomic E-state index is 14.5. The first-order chi connectivity index (χ1) is 19.3. The lowest BCUT2D eigenvalue weighted by Gasteiger charge is -2.39. The molecule has 0 saturated heterocycles. The van der Waals surface area contributed by atoms with Crippen LogP contribution in [-0.4, -0.2) is 52.3 Å². The predicted molar refractivity (Wildman–Crippen MR) is 147 cm³/mol. The molecule has 0 spiro atoms. The number of ketones is 1. The van der Waals surface area contributed by atoms with Crippen LogP contribution in [0.4, 0.5) is 0 Å². The van der Waals surface area contributed by atoms with E-state index in [9.17, 15) is 14.4 Å². The van der Waals surface area contributed by atoms with Crippen LogP contribution < -0.4 is 19.5 Å². The third-order valence-electron chi connectivity index (χ3n) is 7.32. The third-order valence-corrected chi connectivity index (χ3v) is 7.32. The Bertz CT molecular complexity index is 1380. The molecule has 1 N–H and O–H groups in total. The highest BCUT2D eigenvalue weighted by Crippen LogP contribution is 2.51. The van der Waals surface area contributed by atoms with Crippen LogP contribution in [0, 0.1) is 5.92 Å². The Morgan fingerprint density at radius 1 is 0.950 bits per heavy atom. The van der Waals surface area contributed by atoms with Crippen LogP contribution >= 0.6 is 0 Å². The Kier molecular flexibility index (Phi) is 8.82. The van der Waals surface area contributed by atoms with Crippen molar-refractivity contribution in [1.82, 2.24) is 5.32 Å². The number of Topliss-reactive ketones (excluding diaryl/α,β-unsaturated/α-hetero) is 1. The summed E-state index contributed by atoms with van der Waals surface area (Å²) in [5.74, 6) is -2.68. The van der Waals surface area contributed by atoms with Gasteiger partial charge in [0, 0.05) is 28.4 Å². The number of hydrogen-bond donors (Lipinski definition) is 1. The minimum Gasteiger partial charge on any atom is -0.497 e. The fourth-order valence-electron chi connectivity index (χ4n) is 5.65. The number of esters is 2. The van der Waals surface area contributed by atoms with Crippen molar-refractivity contribution in [2.45, 2.75) is 39.0 Å². The van der Waals surface area contributed by atoms with Crippen molar-refractivity contribution in [2.75, 3.05) is 34.5 Å². The highest BCUT2D eigenvalue weighted by Gasteiger charge is 2.49. The molecule has 4 rings (SSSR count). The zero-order valence-electron chi connectivity index (χ0n) is 23.7. The predicted octanol–water partition coefficient (Wildman–Crippen LogP) is 4.43. The molecule has 1 aliphatic carbocycles. The van der Waals surface area contributed by atoms with Gasteiger partial charge in [-0.3, -0.25) is 9.59 Å². The standard InChI is InChI=1S/C31H35NO8/c1-7-39-30(34)24-17(3)32-22-16-21(18-11-9-12-19(15-18)36-4)26(31(35)40-8-2)28(33)27(22)25(24)20-13-10-14-23(37-5)29(20)38-6/h9-15,21,25-26,32H,7-8,16H2,1-6H3/t21-,25+,26+/m0/s1. The first kappa shape index (κ1) is 28.7. The minimum absolute atomic E-state index is 0.123. The van der Waals surface area contributed by atoms with Gasteiger partial charge in [0.05, 0.1) is 46.0 Å². The third kappa shape index (κ3) is 5.15. The van der Waals surface area contributed by atoms with E-state index >= 15 is 0 Å². The Morgan fingerprint density at radius 3 is 2.33 bits per heavy atom. The van der Waals surface area contributed by atoms with Crippen LogP contribution in [0.25, 0.3) is 0 Å². The van der Waals surface area contributed by atoms with Crippen LogP contribution in [-0.2, 0) is 23.9 Å². The van der Waals surface area contributed by atoms with Gasteiger partial charge in [0.15, 0.2) is 17.3 Å². The van der Waals surface area contributed by atoms with Gasteiger partial charge in [-0.05, 0) is 51.0 Å². The zero-order valence-corrected chi connectivity index (χ0v) is 23.7. The van der Waals surface area contributed by atoms with Crippen molar-refractivity contribution in [2.24, 2.45) is 5.92 Å². The lowest BCUT2D eigenvalue weighted by molar-refractivity contribution is -0.152. The van der Waals surface area contributed by atoms with Gasteiger partial charge in [0.25, 0.3) is 0 Å². The summed E-state index contributed by atoms with van der Waals surface area (Å²) in [5, 5.41) is 3.31. The Morgan fingerprint density at radius 2 is 1.68 bits per heavy atom. The Hall–Kier alpha value is -4.27. The second-order valence-corrected chi connectivity index (χ2v) is 9.47. The number of methoxy groups -OCH3 is 3. The molecule has 0 bridgehead atoms. The summed E-state index contributed by atoms with van der Waals surface area (Å²) in [5.41, 5.74) is 3.07. The van der Waals surface area contributed by atoms with Crippen molar-refractivity contribution in [3.05, 3.63) is 76.1 Å². The molecule has 2 aliphatic rings.